The Labute approximate surface area is 131 Å². The van der Waals surface area contributed by atoms with Gasteiger partial charge in [-0.25, -0.2) is 0 Å². The lowest BCUT2D eigenvalue weighted by molar-refractivity contribution is 1.02. The van der Waals surface area contributed by atoms with Gasteiger partial charge < -0.3 is 0 Å². The normalized spacial score (nSPS) is 12.4. The Bertz CT molecular complexity index is 582. The topological polar surface area (TPSA) is 0 Å². The van der Waals surface area contributed by atoms with Gasteiger partial charge in [0, 0.05) is 5.02 Å². The van der Waals surface area contributed by atoms with Crippen LogP contribution in [0.25, 0.3) is 0 Å². The summed E-state index contributed by atoms with van der Waals surface area (Å²) < 4.78 is 0. The molecule has 0 bridgehead atoms. The van der Waals surface area contributed by atoms with Gasteiger partial charge in [0.05, 0.1) is 5.38 Å². The summed E-state index contributed by atoms with van der Waals surface area (Å²) in [6, 6.07) is 12.6. The first-order chi connectivity index (χ1) is 9.55. The second kappa shape index (κ2) is 6.65. The third-order valence-electron chi connectivity index (χ3n) is 3.64. The molecule has 2 heteroatoms. The van der Waals surface area contributed by atoms with Gasteiger partial charge in [0.1, 0.15) is 0 Å². The van der Waals surface area contributed by atoms with E-state index < -0.39 is 0 Å². The van der Waals surface area contributed by atoms with E-state index in [0.29, 0.717) is 0 Å². The van der Waals surface area contributed by atoms with Gasteiger partial charge in [-0.3, -0.25) is 0 Å². The van der Waals surface area contributed by atoms with E-state index in [0.717, 1.165) is 34.6 Å². The second-order valence-corrected chi connectivity index (χ2v) is 6.03. The molecule has 0 saturated carbocycles. The molecule has 0 aliphatic heterocycles. The van der Waals surface area contributed by atoms with Crippen LogP contribution in [0, 0.1) is 6.92 Å². The van der Waals surface area contributed by atoms with Crippen LogP contribution in [-0.2, 0) is 12.8 Å². The highest BCUT2D eigenvalue weighted by Gasteiger charge is 2.13. The quantitative estimate of drug-likeness (QED) is 0.598. The van der Waals surface area contributed by atoms with Crippen molar-refractivity contribution in [2.24, 2.45) is 0 Å². The van der Waals surface area contributed by atoms with Crippen LogP contribution in [0.1, 0.15) is 47.0 Å². The maximum Gasteiger partial charge on any atom is 0.0836 e. The largest absolute Gasteiger partial charge is 0.113 e. The number of hydrogen-bond donors (Lipinski definition) is 0. The van der Waals surface area contributed by atoms with Gasteiger partial charge in [0.2, 0.25) is 0 Å². The monoisotopic (exact) mass is 306 g/mol. The van der Waals surface area contributed by atoms with Gasteiger partial charge in [-0.2, -0.15) is 0 Å². The third kappa shape index (κ3) is 3.37. The highest BCUT2D eigenvalue weighted by Crippen LogP contribution is 2.32. The molecule has 0 nitrogen and oxygen atoms in total. The number of alkyl halides is 1. The van der Waals surface area contributed by atoms with Gasteiger partial charge >= 0.3 is 0 Å². The fourth-order valence-electron chi connectivity index (χ4n) is 2.58. The maximum atomic E-state index is 6.64. The highest BCUT2D eigenvalue weighted by molar-refractivity contribution is 6.31. The highest BCUT2D eigenvalue weighted by atomic mass is 35.5. The van der Waals surface area contributed by atoms with Gasteiger partial charge in [0.15, 0.2) is 0 Å². The summed E-state index contributed by atoms with van der Waals surface area (Å²) in [6.07, 6.45) is 2.10. The molecule has 0 aliphatic rings. The van der Waals surface area contributed by atoms with Crippen LogP contribution < -0.4 is 0 Å². The zero-order valence-corrected chi connectivity index (χ0v) is 13.7. The van der Waals surface area contributed by atoms with Crippen molar-refractivity contribution in [2.45, 2.75) is 39.0 Å². The first kappa shape index (κ1) is 15.4. The second-order valence-electron chi connectivity index (χ2n) is 5.16. The zero-order valence-electron chi connectivity index (χ0n) is 12.2. The fraction of sp³-hybridized carbons (Fsp3) is 0.333. The number of aryl methyl sites for hydroxylation is 3. The Hall–Kier alpha value is -0.980. The summed E-state index contributed by atoms with van der Waals surface area (Å²) in [5, 5.41) is 0.593. The molecule has 0 radical (unpaired) electrons. The lowest BCUT2D eigenvalue weighted by atomic mass is 9.96. The molecule has 0 spiro atoms. The standard InChI is InChI=1S/C18H20Cl2/c1-4-13-6-7-15(10-14(13)5-2)18(20)16-8-12(3)9-17(19)11-16/h6-11,18H,4-5H2,1-3H3. The van der Waals surface area contributed by atoms with Crippen molar-refractivity contribution in [3.8, 4) is 0 Å². The molecule has 0 fully saturated rings. The summed E-state index contributed by atoms with van der Waals surface area (Å²) in [6.45, 7) is 6.41. The molecule has 0 amide bonds. The third-order valence-corrected chi connectivity index (χ3v) is 4.36. The fourth-order valence-corrected chi connectivity index (χ4v) is 3.14. The molecular weight excluding hydrogens is 287 g/mol. The molecule has 1 unspecified atom stereocenters. The number of halogens is 2. The molecule has 0 aromatic heterocycles. The van der Waals surface area contributed by atoms with Crippen LogP contribution in [0.3, 0.4) is 0 Å². The van der Waals surface area contributed by atoms with Gasteiger partial charge in [-0.15, -0.1) is 11.6 Å². The lowest BCUT2D eigenvalue weighted by Crippen LogP contribution is -1.98. The van der Waals surface area contributed by atoms with E-state index >= 15 is 0 Å². The number of hydrogen-bond acceptors (Lipinski definition) is 0. The van der Waals surface area contributed by atoms with Crippen LogP contribution in [0.15, 0.2) is 36.4 Å². The van der Waals surface area contributed by atoms with Gasteiger partial charge in [-0.1, -0.05) is 49.7 Å². The molecular formula is C18H20Cl2. The molecule has 0 heterocycles. The van der Waals surface area contributed by atoms with Crippen molar-refractivity contribution in [2.75, 3.05) is 0 Å². The van der Waals surface area contributed by atoms with E-state index in [2.05, 4.69) is 38.1 Å². The van der Waals surface area contributed by atoms with Crippen molar-refractivity contribution in [1.29, 1.82) is 0 Å². The average molecular weight is 307 g/mol. The van der Waals surface area contributed by atoms with Crippen LogP contribution in [-0.4, -0.2) is 0 Å². The molecule has 2 aromatic rings. The van der Waals surface area contributed by atoms with Crippen molar-refractivity contribution >= 4 is 23.2 Å². The summed E-state index contributed by atoms with van der Waals surface area (Å²) >= 11 is 12.8. The van der Waals surface area contributed by atoms with Crippen molar-refractivity contribution < 1.29 is 0 Å². The molecule has 2 aromatic carbocycles. The van der Waals surface area contributed by atoms with Gasteiger partial charge in [0.25, 0.3) is 0 Å². The van der Waals surface area contributed by atoms with Crippen LogP contribution in [0.5, 0.6) is 0 Å². The minimum Gasteiger partial charge on any atom is -0.113 e. The van der Waals surface area contributed by atoms with E-state index in [-0.39, 0.29) is 5.38 Å². The van der Waals surface area contributed by atoms with E-state index in [4.69, 9.17) is 23.2 Å². The molecule has 20 heavy (non-hydrogen) atoms. The molecule has 1 atom stereocenters. The summed E-state index contributed by atoms with van der Waals surface area (Å²) in [5.74, 6) is 0. The Morgan fingerprint density at radius 2 is 1.60 bits per heavy atom. The van der Waals surface area contributed by atoms with E-state index in [1.807, 2.05) is 19.1 Å². The molecule has 2 rings (SSSR count). The Balaban J connectivity index is 2.39. The summed E-state index contributed by atoms with van der Waals surface area (Å²) in [4.78, 5) is 0. The zero-order chi connectivity index (χ0) is 14.7. The van der Waals surface area contributed by atoms with Crippen LogP contribution in [0.2, 0.25) is 5.02 Å². The summed E-state index contributed by atoms with van der Waals surface area (Å²) in [7, 11) is 0. The average Bonchev–Trinajstić information content (AvgIpc) is 2.44. The minimum atomic E-state index is -0.149. The molecule has 0 saturated heterocycles. The van der Waals surface area contributed by atoms with E-state index in [9.17, 15) is 0 Å². The Morgan fingerprint density at radius 3 is 2.20 bits per heavy atom. The lowest BCUT2D eigenvalue weighted by Gasteiger charge is -2.15. The first-order valence-electron chi connectivity index (χ1n) is 7.08. The number of benzene rings is 2. The minimum absolute atomic E-state index is 0.149. The van der Waals surface area contributed by atoms with Crippen molar-refractivity contribution in [3.63, 3.8) is 0 Å². The Kier molecular flexibility index (Phi) is 5.12. The maximum absolute atomic E-state index is 6.64. The van der Waals surface area contributed by atoms with E-state index in [1.165, 1.54) is 11.1 Å². The smallest absolute Gasteiger partial charge is 0.0836 e. The van der Waals surface area contributed by atoms with Crippen molar-refractivity contribution in [3.05, 3.63) is 69.2 Å². The predicted octanol–water partition coefficient (Wildman–Crippen LogP) is 6.10. The summed E-state index contributed by atoms with van der Waals surface area (Å²) in [5.41, 5.74) is 6.13. The Morgan fingerprint density at radius 1 is 0.900 bits per heavy atom. The first-order valence-corrected chi connectivity index (χ1v) is 7.89. The van der Waals surface area contributed by atoms with Crippen LogP contribution >= 0.6 is 23.2 Å². The molecule has 106 valence electrons. The van der Waals surface area contributed by atoms with Crippen LogP contribution in [0.4, 0.5) is 0 Å². The molecule has 0 aliphatic carbocycles. The van der Waals surface area contributed by atoms with Crippen molar-refractivity contribution in [1.82, 2.24) is 0 Å². The predicted molar refractivity (Wildman–Crippen MR) is 89.1 cm³/mol. The van der Waals surface area contributed by atoms with E-state index in [1.54, 1.807) is 0 Å². The molecule has 0 N–H and O–H groups in total. The number of rotatable bonds is 4. The van der Waals surface area contributed by atoms with Gasteiger partial charge in [-0.05, 0) is 59.7 Å². The SMILES string of the molecule is CCc1ccc(C(Cl)c2cc(C)cc(Cl)c2)cc1CC.